The van der Waals surface area contributed by atoms with Crippen molar-refractivity contribution < 1.29 is 9.18 Å². The number of hydrogen-bond acceptors (Lipinski definition) is 2. The highest BCUT2D eigenvalue weighted by atomic mass is 19.1. The van der Waals surface area contributed by atoms with Crippen molar-refractivity contribution in [2.45, 2.75) is 13.3 Å². The molecule has 0 saturated heterocycles. The Balaban J connectivity index is 3.89. The van der Waals surface area contributed by atoms with Gasteiger partial charge in [-0.1, -0.05) is 5.57 Å². The van der Waals surface area contributed by atoms with Gasteiger partial charge < -0.3 is 0 Å². The quantitative estimate of drug-likeness (QED) is 0.447. The fourth-order valence-electron chi connectivity index (χ4n) is 0.458. The first kappa shape index (κ1) is 8.94. The predicted molar refractivity (Wildman–Crippen MR) is 35.2 cm³/mol. The third-order valence-electron chi connectivity index (χ3n) is 0.949. The van der Waals surface area contributed by atoms with E-state index in [0.29, 0.717) is 5.57 Å². The number of carbonyl (C=O) groups is 1. The van der Waals surface area contributed by atoms with Crippen molar-refractivity contribution in [1.29, 1.82) is 0 Å². The molecular formula is C6H8FNO2. The second-order valence-electron chi connectivity index (χ2n) is 1.86. The normalized spacial score (nSPS) is 11.2. The summed E-state index contributed by atoms with van der Waals surface area (Å²) in [5.41, 5.74) is 0.534. The summed E-state index contributed by atoms with van der Waals surface area (Å²) in [5, 5.41) is 2.12. The Labute approximate surface area is 57.9 Å². The van der Waals surface area contributed by atoms with Crippen LogP contribution in [-0.4, -0.2) is 12.6 Å². The number of nitroso groups, excluding NO2 is 1. The van der Waals surface area contributed by atoms with Gasteiger partial charge in [-0.25, -0.2) is 0 Å². The highest BCUT2D eigenvalue weighted by molar-refractivity contribution is 5.88. The summed E-state index contributed by atoms with van der Waals surface area (Å²) in [7, 11) is 0. The standard InChI is InChI=1S/C6H8FNO2/c1-5(2-3-7)4-6(9)8-10/h4H,2-3H2,1H3/b5-4+. The zero-order chi connectivity index (χ0) is 7.98. The Hall–Kier alpha value is -1.06. The van der Waals surface area contributed by atoms with Crippen molar-refractivity contribution in [1.82, 2.24) is 0 Å². The second-order valence-corrected chi connectivity index (χ2v) is 1.86. The number of allylic oxidation sites excluding steroid dienone is 1. The summed E-state index contributed by atoms with van der Waals surface area (Å²) >= 11 is 0. The lowest BCUT2D eigenvalue weighted by Crippen LogP contribution is -1.88. The fourth-order valence-corrected chi connectivity index (χ4v) is 0.458. The summed E-state index contributed by atoms with van der Waals surface area (Å²) in [6.07, 6.45) is 1.22. The predicted octanol–water partition coefficient (Wildman–Crippen LogP) is 1.59. The molecule has 0 aliphatic rings. The molecule has 4 heteroatoms. The first-order valence-electron chi connectivity index (χ1n) is 2.81. The lowest BCUT2D eigenvalue weighted by molar-refractivity contribution is -0.113. The fraction of sp³-hybridized carbons (Fsp3) is 0.500. The van der Waals surface area contributed by atoms with E-state index in [1.54, 1.807) is 6.92 Å². The van der Waals surface area contributed by atoms with E-state index in [-0.39, 0.29) is 6.42 Å². The van der Waals surface area contributed by atoms with E-state index in [4.69, 9.17) is 0 Å². The SMILES string of the molecule is C/C(=C\C(=O)N=O)CCF. The lowest BCUT2D eigenvalue weighted by Gasteiger charge is -1.90. The van der Waals surface area contributed by atoms with Crippen LogP contribution in [0.1, 0.15) is 13.3 Å². The maximum absolute atomic E-state index is 11.5. The average molecular weight is 145 g/mol. The van der Waals surface area contributed by atoms with E-state index < -0.39 is 12.6 Å². The van der Waals surface area contributed by atoms with Gasteiger partial charge in [-0.3, -0.25) is 9.18 Å². The number of halogens is 1. The molecule has 0 spiro atoms. The van der Waals surface area contributed by atoms with E-state index in [0.717, 1.165) is 6.08 Å². The zero-order valence-electron chi connectivity index (χ0n) is 5.63. The maximum Gasteiger partial charge on any atom is 0.309 e. The summed E-state index contributed by atoms with van der Waals surface area (Å²) in [6.45, 7) is 1.05. The second kappa shape index (κ2) is 4.78. The molecular weight excluding hydrogens is 137 g/mol. The van der Waals surface area contributed by atoms with E-state index >= 15 is 0 Å². The maximum atomic E-state index is 11.5. The molecule has 0 atom stereocenters. The van der Waals surface area contributed by atoms with Crippen molar-refractivity contribution in [3.63, 3.8) is 0 Å². The third-order valence-corrected chi connectivity index (χ3v) is 0.949. The third kappa shape index (κ3) is 3.88. The Morgan fingerprint density at radius 2 is 2.30 bits per heavy atom. The molecule has 0 heterocycles. The Bertz CT molecular complexity index is 165. The van der Waals surface area contributed by atoms with E-state index in [2.05, 4.69) is 5.18 Å². The molecule has 0 aromatic carbocycles. The summed E-state index contributed by atoms with van der Waals surface area (Å²) in [4.78, 5) is 19.7. The van der Waals surface area contributed by atoms with E-state index in [9.17, 15) is 14.1 Å². The van der Waals surface area contributed by atoms with Crippen LogP contribution in [0.15, 0.2) is 16.8 Å². The van der Waals surface area contributed by atoms with Gasteiger partial charge in [-0.2, -0.15) is 0 Å². The number of alkyl halides is 1. The first-order valence-corrected chi connectivity index (χ1v) is 2.81. The molecule has 0 aromatic heterocycles. The van der Waals surface area contributed by atoms with E-state index in [1.165, 1.54) is 0 Å². The van der Waals surface area contributed by atoms with Gasteiger partial charge in [-0.05, 0) is 13.3 Å². The van der Waals surface area contributed by atoms with Gasteiger partial charge in [0.15, 0.2) is 0 Å². The van der Waals surface area contributed by atoms with Crippen LogP contribution < -0.4 is 0 Å². The number of amides is 1. The van der Waals surface area contributed by atoms with Crippen LogP contribution in [0, 0.1) is 4.91 Å². The highest BCUT2D eigenvalue weighted by Crippen LogP contribution is 1.99. The van der Waals surface area contributed by atoms with Crippen molar-refractivity contribution in [3.8, 4) is 0 Å². The van der Waals surface area contributed by atoms with Gasteiger partial charge >= 0.3 is 5.91 Å². The first-order chi connectivity index (χ1) is 4.70. The Morgan fingerprint density at radius 3 is 2.70 bits per heavy atom. The van der Waals surface area contributed by atoms with Crippen LogP contribution in [0.25, 0.3) is 0 Å². The van der Waals surface area contributed by atoms with E-state index in [1.807, 2.05) is 0 Å². The topological polar surface area (TPSA) is 46.5 Å². The molecule has 0 aliphatic heterocycles. The molecule has 0 rings (SSSR count). The van der Waals surface area contributed by atoms with Gasteiger partial charge in [0, 0.05) is 11.3 Å². The Morgan fingerprint density at radius 1 is 1.70 bits per heavy atom. The van der Waals surface area contributed by atoms with Crippen LogP contribution in [0.2, 0.25) is 0 Å². The van der Waals surface area contributed by atoms with Gasteiger partial charge in [0.1, 0.15) is 0 Å². The van der Waals surface area contributed by atoms with Gasteiger partial charge in [0.05, 0.1) is 6.67 Å². The molecule has 0 aromatic rings. The van der Waals surface area contributed by atoms with Gasteiger partial charge in [-0.15, -0.1) is 4.91 Å². The molecule has 10 heavy (non-hydrogen) atoms. The van der Waals surface area contributed by atoms with Crippen molar-refractivity contribution in [3.05, 3.63) is 16.6 Å². The van der Waals surface area contributed by atoms with Crippen LogP contribution in [0.3, 0.4) is 0 Å². The minimum absolute atomic E-state index is 0.182. The molecule has 0 N–H and O–H groups in total. The summed E-state index contributed by atoms with van der Waals surface area (Å²) in [6, 6.07) is 0. The average Bonchev–Trinajstić information content (AvgIpc) is 1.88. The minimum atomic E-state index is -0.856. The highest BCUT2D eigenvalue weighted by Gasteiger charge is 1.95. The molecule has 0 unspecified atom stereocenters. The lowest BCUT2D eigenvalue weighted by atomic mass is 10.2. The van der Waals surface area contributed by atoms with Gasteiger partial charge in [0.2, 0.25) is 0 Å². The summed E-state index contributed by atoms with van der Waals surface area (Å²) < 4.78 is 11.5. The molecule has 3 nitrogen and oxygen atoms in total. The molecule has 0 aliphatic carbocycles. The zero-order valence-corrected chi connectivity index (χ0v) is 5.63. The number of hydrogen-bond donors (Lipinski definition) is 0. The molecule has 56 valence electrons. The smallest absolute Gasteiger partial charge is 0.264 e. The molecule has 0 bridgehead atoms. The summed E-state index contributed by atoms with van der Waals surface area (Å²) in [5.74, 6) is -0.856. The van der Waals surface area contributed by atoms with Crippen LogP contribution in [-0.2, 0) is 4.79 Å². The number of nitrogens with zero attached hydrogens (tertiary/aromatic N) is 1. The molecule has 0 fully saturated rings. The van der Waals surface area contributed by atoms with Crippen LogP contribution in [0.5, 0.6) is 0 Å². The number of carbonyl (C=O) groups excluding carboxylic acids is 1. The monoisotopic (exact) mass is 145 g/mol. The van der Waals surface area contributed by atoms with Crippen molar-refractivity contribution >= 4 is 5.91 Å². The largest absolute Gasteiger partial charge is 0.309 e. The van der Waals surface area contributed by atoms with Crippen LogP contribution >= 0.6 is 0 Å². The minimum Gasteiger partial charge on any atom is -0.264 e. The van der Waals surface area contributed by atoms with Crippen LogP contribution in [0.4, 0.5) is 4.39 Å². The van der Waals surface area contributed by atoms with Gasteiger partial charge in [0.25, 0.3) is 0 Å². The molecule has 1 amide bonds. The molecule has 0 radical (unpaired) electrons. The Kier molecular flexibility index (Phi) is 4.28. The number of rotatable bonds is 3. The van der Waals surface area contributed by atoms with Crippen molar-refractivity contribution in [2.24, 2.45) is 5.18 Å². The van der Waals surface area contributed by atoms with Crippen molar-refractivity contribution in [2.75, 3.05) is 6.67 Å². The molecule has 0 saturated carbocycles.